The molecule has 4 aromatic rings. The predicted molar refractivity (Wildman–Crippen MR) is 129 cm³/mol. The number of carbonyl (C=O) groups is 1. The maximum absolute atomic E-state index is 12.2. The fourth-order valence-electron chi connectivity index (χ4n) is 3.49. The maximum atomic E-state index is 12.2. The summed E-state index contributed by atoms with van der Waals surface area (Å²) >= 11 is 0. The molecule has 2 aromatic carbocycles. The molecule has 0 unspecified atom stereocenters. The van der Waals surface area contributed by atoms with Gasteiger partial charge >= 0.3 is 0 Å². The molecule has 0 bridgehead atoms. The fraction of sp³-hybridized carbons (Fsp3) is 0.280. The number of nitrogens with one attached hydrogen (secondary N) is 1. The first-order valence-electron chi connectivity index (χ1n) is 11.1. The van der Waals surface area contributed by atoms with Crippen molar-refractivity contribution in [3.05, 3.63) is 60.2 Å². The van der Waals surface area contributed by atoms with Crippen molar-refractivity contribution >= 4 is 11.6 Å². The van der Waals surface area contributed by atoms with Crippen LogP contribution in [0.25, 0.3) is 17.0 Å². The highest BCUT2D eigenvalue weighted by atomic mass is 16.5. The number of hydrogen-bond donors (Lipinski definition) is 1. The third kappa shape index (κ3) is 5.78. The van der Waals surface area contributed by atoms with Crippen LogP contribution in [0, 0.1) is 0 Å². The van der Waals surface area contributed by atoms with E-state index in [1.165, 1.54) is 0 Å². The molecule has 35 heavy (non-hydrogen) atoms. The smallest absolute Gasteiger partial charge is 0.231 e. The lowest BCUT2D eigenvalue weighted by Gasteiger charge is -2.10. The maximum Gasteiger partial charge on any atom is 0.231 e. The number of aromatic nitrogens is 4. The van der Waals surface area contributed by atoms with E-state index in [1.807, 2.05) is 30.3 Å². The molecule has 0 aliphatic heterocycles. The Kier molecular flexibility index (Phi) is 7.61. The predicted octanol–water partition coefficient (Wildman–Crippen LogP) is 2.94. The van der Waals surface area contributed by atoms with Crippen molar-refractivity contribution in [1.29, 1.82) is 0 Å². The summed E-state index contributed by atoms with van der Waals surface area (Å²) in [6, 6.07) is 16.6. The number of hydrogen-bond acceptors (Lipinski definition) is 8. The summed E-state index contributed by atoms with van der Waals surface area (Å²) in [5.74, 6) is 2.90. The molecule has 0 saturated heterocycles. The summed E-state index contributed by atoms with van der Waals surface area (Å²) < 4.78 is 23.3. The van der Waals surface area contributed by atoms with E-state index in [9.17, 15) is 4.79 Å². The molecule has 0 atom stereocenters. The molecule has 10 heteroatoms. The van der Waals surface area contributed by atoms with Crippen LogP contribution in [0.5, 0.6) is 23.1 Å². The second-order valence-corrected chi connectivity index (χ2v) is 7.58. The number of rotatable bonds is 11. The molecule has 0 spiro atoms. The van der Waals surface area contributed by atoms with Crippen LogP contribution < -0.4 is 24.3 Å². The molecule has 0 fully saturated rings. The van der Waals surface area contributed by atoms with Crippen LogP contribution in [-0.4, -0.2) is 60.2 Å². The zero-order valence-corrected chi connectivity index (χ0v) is 19.9. The molecule has 0 radical (unpaired) electrons. The zero-order valence-electron chi connectivity index (χ0n) is 19.9. The van der Waals surface area contributed by atoms with Crippen molar-refractivity contribution in [1.82, 2.24) is 25.1 Å². The van der Waals surface area contributed by atoms with E-state index in [0.29, 0.717) is 53.8 Å². The average Bonchev–Trinajstić information content (AvgIpc) is 3.33. The first-order valence-corrected chi connectivity index (χ1v) is 11.1. The normalized spacial score (nSPS) is 10.7. The van der Waals surface area contributed by atoms with Gasteiger partial charge in [-0.3, -0.25) is 4.79 Å². The molecule has 2 aromatic heterocycles. The van der Waals surface area contributed by atoms with E-state index < -0.39 is 0 Å². The topological polar surface area (TPSA) is 109 Å². The van der Waals surface area contributed by atoms with Gasteiger partial charge in [-0.2, -0.15) is 4.52 Å². The van der Waals surface area contributed by atoms with Gasteiger partial charge in [-0.05, 0) is 48.4 Å². The Morgan fingerprint density at radius 1 is 0.914 bits per heavy atom. The van der Waals surface area contributed by atoms with Crippen LogP contribution >= 0.6 is 0 Å². The van der Waals surface area contributed by atoms with Gasteiger partial charge in [0, 0.05) is 12.5 Å². The van der Waals surface area contributed by atoms with Crippen molar-refractivity contribution < 1.29 is 23.7 Å². The lowest BCUT2D eigenvalue weighted by Crippen LogP contribution is -2.28. The van der Waals surface area contributed by atoms with Gasteiger partial charge in [0.05, 0.1) is 33.4 Å². The number of fused-ring (bicyclic) bond motifs is 1. The van der Waals surface area contributed by atoms with Gasteiger partial charge in [-0.25, -0.2) is 0 Å². The van der Waals surface area contributed by atoms with Gasteiger partial charge in [0.2, 0.25) is 11.8 Å². The number of nitrogens with zero attached hydrogens (tertiary/aromatic N) is 4. The van der Waals surface area contributed by atoms with Gasteiger partial charge < -0.3 is 24.3 Å². The number of ether oxygens (including phenoxy) is 4. The Hall–Kier alpha value is -4.34. The van der Waals surface area contributed by atoms with E-state index >= 15 is 0 Å². The van der Waals surface area contributed by atoms with Gasteiger partial charge in [-0.15, -0.1) is 15.3 Å². The summed E-state index contributed by atoms with van der Waals surface area (Å²) in [5, 5.41) is 15.8. The second kappa shape index (κ2) is 11.2. The van der Waals surface area contributed by atoms with Crippen LogP contribution in [0.3, 0.4) is 0 Å². The van der Waals surface area contributed by atoms with Crippen LogP contribution in [0.1, 0.15) is 12.0 Å². The summed E-state index contributed by atoms with van der Waals surface area (Å²) in [4.78, 5) is 12.2. The van der Waals surface area contributed by atoms with E-state index in [1.54, 1.807) is 50.1 Å². The number of amides is 1. The number of methoxy groups -OCH3 is 3. The minimum absolute atomic E-state index is 0.0426. The summed E-state index contributed by atoms with van der Waals surface area (Å²) in [7, 11) is 4.80. The van der Waals surface area contributed by atoms with Crippen LogP contribution in [0.2, 0.25) is 0 Å². The standard InChI is InChI=1S/C25H27N5O5/c1-32-18-7-4-17(5-8-18)6-12-23(31)26-14-15-35-24-13-11-22-27-28-25(30(22)29-24)20-16-19(33-2)9-10-21(20)34-3/h4-5,7-11,13,16H,6,12,14-15H2,1-3H3,(H,26,31). The average molecular weight is 478 g/mol. The molecule has 0 saturated carbocycles. The summed E-state index contributed by atoms with van der Waals surface area (Å²) in [6.45, 7) is 0.632. The second-order valence-electron chi connectivity index (χ2n) is 7.58. The Balaban J connectivity index is 1.33. The first-order chi connectivity index (χ1) is 17.1. The van der Waals surface area contributed by atoms with Crippen molar-refractivity contribution in [3.63, 3.8) is 0 Å². The van der Waals surface area contributed by atoms with Crippen molar-refractivity contribution in [2.24, 2.45) is 0 Å². The largest absolute Gasteiger partial charge is 0.497 e. The summed E-state index contributed by atoms with van der Waals surface area (Å²) in [6.07, 6.45) is 1.04. The number of benzene rings is 2. The van der Waals surface area contributed by atoms with Crippen LogP contribution in [0.15, 0.2) is 54.6 Å². The van der Waals surface area contributed by atoms with Crippen molar-refractivity contribution in [2.45, 2.75) is 12.8 Å². The van der Waals surface area contributed by atoms with Gasteiger partial charge in [0.25, 0.3) is 0 Å². The molecule has 182 valence electrons. The van der Waals surface area contributed by atoms with Gasteiger partial charge in [-0.1, -0.05) is 12.1 Å². The van der Waals surface area contributed by atoms with E-state index in [2.05, 4.69) is 20.6 Å². The molecule has 10 nitrogen and oxygen atoms in total. The molecule has 2 heterocycles. The molecular formula is C25H27N5O5. The highest BCUT2D eigenvalue weighted by Crippen LogP contribution is 2.32. The number of carbonyl (C=O) groups excluding carboxylic acids is 1. The SMILES string of the molecule is COc1ccc(CCC(=O)NCCOc2ccc3nnc(-c4cc(OC)ccc4OC)n3n2)cc1. The molecule has 1 amide bonds. The quantitative estimate of drug-likeness (QED) is 0.329. The monoisotopic (exact) mass is 477 g/mol. The van der Waals surface area contributed by atoms with Crippen molar-refractivity contribution in [3.8, 4) is 34.5 Å². The molecule has 4 rings (SSSR count). The van der Waals surface area contributed by atoms with Gasteiger partial charge in [0.15, 0.2) is 11.5 Å². The van der Waals surface area contributed by atoms with E-state index in [0.717, 1.165) is 11.3 Å². The number of aryl methyl sites for hydroxylation is 1. The lowest BCUT2D eigenvalue weighted by atomic mass is 10.1. The lowest BCUT2D eigenvalue weighted by molar-refractivity contribution is -0.121. The van der Waals surface area contributed by atoms with E-state index in [-0.39, 0.29) is 12.5 Å². The fourth-order valence-corrected chi connectivity index (χ4v) is 3.49. The Morgan fingerprint density at radius 2 is 1.69 bits per heavy atom. The van der Waals surface area contributed by atoms with Crippen molar-refractivity contribution in [2.75, 3.05) is 34.5 Å². The minimum atomic E-state index is -0.0426. The highest BCUT2D eigenvalue weighted by Gasteiger charge is 2.16. The Morgan fingerprint density at radius 3 is 2.43 bits per heavy atom. The molecule has 0 aliphatic rings. The van der Waals surface area contributed by atoms with Crippen LogP contribution in [-0.2, 0) is 11.2 Å². The van der Waals surface area contributed by atoms with E-state index in [4.69, 9.17) is 18.9 Å². The highest BCUT2D eigenvalue weighted by molar-refractivity contribution is 5.76. The first kappa shape index (κ1) is 23.8. The third-order valence-electron chi connectivity index (χ3n) is 5.36. The molecule has 1 N–H and O–H groups in total. The Bertz CT molecular complexity index is 1290. The zero-order chi connectivity index (χ0) is 24.6. The van der Waals surface area contributed by atoms with Crippen LogP contribution in [0.4, 0.5) is 0 Å². The molecule has 0 aliphatic carbocycles. The third-order valence-corrected chi connectivity index (χ3v) is 5.36. The molecular weight excluding hydrogens is 450 g/mol. The summed E-state index contributed by atoms with van der Waals surface area (Å²) in [5.41, 5.74) is 2.32. The van der Waals surface area contributed by atoms with Gasteiger partial charge in [0.1, 0.15) is 23.9 Å². The Labute approximate surface area is 202 Å². The minimum Gasteiger partial charge on any atom is -0.497 e.